The molecule has 0 aliphatic carbocycles. The molecule has 0 aliphatic rings. The summed E-state index contributed by atoms with van der Waals surface area (Å²) in [5.41, 5.74) is 0.990. The highest BCUT2D eigenvalue weighted by atomic mass is 16.5. The third-order valence-corrected chi connectivity index (χ3v) is 2.92. The first-order valence-corrected chi connectivity index (χ1v) is 6.24. The van der Waals surface area contributed by atoms with Crippen molar-refractivity contribution in [3.63, 3.8) is 0 Å². The highest BCUT2D eigenvalue weighted by Gasteiger charge is 2.09. The molecule has 0 saturated heterocycles. The van der Waals surface area contributed by atoms with Crippen LogP contribution in [0, 0.1) is 0 Å². The summed E-state index contributed by atoms with van der Waals surface area (Å²) in [6, 6.07) is 13.7. The number of phenols is 1. The quantitative estimate of drug-likeness (QED) is 0.752. The van der Waals surface area contributed by atoms with Crippen molar-refractivity contribution in [2.75, 3.05) is 0 Å². The van der Waals surface area contributed by atoms with Gasteiger partial charge in [-0.15, -0.1) is 0 Å². The second kappa shape index (κ2) is 5.49. The number of nitrogens with one attached hydrogen (secondary N) is 1. The number of hydrogen-bond donors (Lipinski definition) is 2. The third kappa shape index (κ3) is 2.76. The van der Waals surface area contributed by atoms with Crippen LogP contribution in [0.3, 0.4) is 0 Å². The second-order valence-electron chi connectivity index (χ2n) is 4.33. The zero-order valence-electron chi connectivity index (χ0n) is 10.9. The Bertz CT molecular complexity index is 792. The molecule has 21 heavy (non-hydrogen) atoms. The first-order valence-electron chi connectivity index (χ1n) is 6.24. The van der Waals surface area contributed by atoms with E-state index in [0.29, 0.717) is 11.4 Å². The maximum Gasteiger partial charge on any atom is 0.365 e. The second-order valence-corrected chi connectivity index (χ2v) is 4.33. The van der Waals surface area contributed by atoms with Crippen LogP contribution in [0.2, 0.25) is 0 Å². The molecule has 0 saturated carbocycles. The Hall–Kier alpha value is -3.09. The predicted octanol–water partition coefficient (Wildman–Crippen LogP) is 1.24. The van der Waals surface area contributed by atoms with Gasteiger partial charge in [0.2, 0.25) is 0 Å². The van der Waals surface area contributed by atoms with Gasteiger partial charge in [0.25, 0.3) is 0 Å². The van der Waals surface area contributed by atoms with Gasteiger partial charge in [-0.3, -0.25) is 0 Å². The molecule has 0 radical (unpaired) electrons. The van der Waals surface area contributed by atoms with Gasteiger partial charge in [-0.25, -0.2) is 9.89 Å². The number of H-pyrrole nitrogens is 1. The smallest absolute Gasteiger partial charge is 0.365 e. The maximum absolute atomic E-state index is 11.6. The highest BCUT2D eigenvalue weighted by Crippen LogP contribution is 2.19. The number of aromatic amines is 1. The van der Waals surface area contributed by atoms with Gasteiger partial charge in [0.15, 0.2) is 0 Å². The van der Waals surface area contributed by atoms with Crippen molar-refractivity contribution in [2.45, 2.75) is 6.61 Å². The van der Waals surface area contributed by atoms with Gasteiger partial charge >= 0.3 is 5.69 Å². The lowest BCUT2D eigenvalue weighted by molar-refractivity contribution is 0.305. The normalized spacial score (nSPS) is 10.5. The van der Waals surface area contributed by atoms with Crippen molar-refractivity contribution in [2.24, 2.45) is 0 Å². The molecular formula is C14H12N4O3. The van der Waals surface area contributed by atoms with Crippen molar-refractivity contribution < 1.29 is 9.84 Å². The maximum atomic E-state index is 11.6. The molecule has 1 aromatic heterocycles. The average molecular weight is 284 g/mol. The van der Waals surface area contributed by atoms with Crippen LogP contribution in [-0.4, -0.2) is 25.3 Å². The van der Waals surface area contributed by atoms with E-state index in [4.69, 9.17) is 4.74 Å². The fourth-order valence-electron chi connectivity index (χ4n) is 1.90. The molecule has 7 heteroatoms. The lowest BCUT2D eigenvalue weighted by Gasteiger charge is -2.10. The summed E-state index contributed by atoms with van der Waals surface area (Å²) in [6.45, 7) is 0.264. The number of rotatable bonds is 4. The molecule has 0 bridgehead atoms. The Kier molecular flexibility index (Phi) is 3.38. The van der Waals surface area contributed by atoms with Crippen molar-refractivity contribution in [1.82, 2.24) is 20.2 Å². The number of aromatic hydroxyl groups is 1. The predicted molar refractivity (Wildman–Crippen MR) is 74.4 cm³/mol. The van der Waals surface area contributed by atoms with Gasteiger partial charge in [-0.05, 0) is 40.8 Å². The lowest BCUT2D eigenvalue weighted by atomic mass is 10.2. The summed E-state index contributed by atoms with van der Waals surface area (Å²) in [6.07, 6.45) is 0. The van der Waals surface area contributed by atoms with Gasteiger partial charge in [0.1, 0.15) is 18.1 Å². The van der Waals surface area contributed by atoms with E-state index >= 15 is 0 Å². The molecule has 2 aromatic carbocycles. The Balaban J connectivity index is 1.85. The number of ether oxygens (including phenoxy) is 1. The number of para-hydroxylation sites is 1. The van der Waals surface area contributed by atoms with Crippen LogP contribution in [0.1, 0.15) is 5.56 Å². The summed E-state index contributed by atoms with van der Waals surface area (Å²) < 4.78 is 6.82. The fourth-order valence-corrected chi connectivity index (χ4v) is 1.90. The number of aromatic nitrogens is 4. The topological polar surface area (TPSA) is 93.0 Å². The van der Waals surface area contributed by atoms with Crippen molar-refractivity contribution >= 4 is 0 Å². The minimum absolute atomic E-state index is 0.178. The summed E-state index contributed by atoms with van der Waals surface area (Å²) in [5.74, 6) is 0.798. The zero-order chi connectivity index (χ0) is 14.7. The van der Waals surface area contributed by atoms with E-state index in [9.17, 15) is 9.90 Å². The van der Waals surface area contributed by atoms with Crippen LogP contribution in [0.15, 0.2) is 53.3 Å². The third-order valence-electron chi connectivity index (χ3n) is 2.92. The van der Waals surface area contributed by atoms with Crippen LogP contribution < -0.4 is 10.4 Å². The highest BCUT2D eigenvalue weighted by molar-refractivity contribution is 5.39. The standard InChI is InChI=1S/C14H12N4O3/c19-11-5-7-12(8-6-11)21-9-10-3-1-2-4-13(10)18-14(20)15-16-17-18/h1-8,19H,9H2,(H,15,17,20). The number of hydrogen-bond acceptors (Lipinski definition) is 5. The molecule has 106 valence electrons. The number of benzene rings is 2. The summed E-state index contributed by atoms with van der Waals surface area (Å²) in [7, 11) is 0. The van der Waals surface area contributed by atoms with Crippen molar-refractivity contribution in [3.05, 3.63) is 64.6 Å². The fraction of sp³-hybridized carbons (Fsp3) is 0.0714. The van der Waals surface area contributed by atoms with Gasteiger partial charge in [-0.1, -0.05) is 18.2 Å². The molecule has 0 fully saturated rings. The largest absolute Gasteiger partial charge is 0.508 e. The van der Waals surface area contributed by atoms with Gasteiger partial charge in [0, 0.05) is 5.56 Å². The molecule has 0 spiro atoms. The van der Waals surface area contributed by atoms with E-state index in [-0.39, 0.29) is 12.4 Å². The molecule has 3 aromatic rings. The van der Waals surface area contributed by atoms with E-state index in [1.807, 2.05) is 12.1 Å². The van der Waals surface area contributed by atoms with E-state index in [0.717, 1.165) is 5.56 Å². The zero-order valence-corrected chi connectivity index (χ0v) is 10.9. The molecule has 7 nitrogen and oxygen atoms in total. The van der Waals surface area contributed by atoms with E-state index in [2.05, 4.69) is 15.5 Å². The molecule has 2 N–H and O–H groups in total. The average Bonchev–Trinajstić information content (AvgIpc) is 2.93. The Morgan fingerprint density at radius 3 is 2.62 bits per heavy atom. The van der Waals surface area contributed by atoms with Crippen LogP contribution in [0.25, 0.3) is 5.69 Å². The van der Waals surface area contributed by atoms with Crippen molar-refractivity contribution in [1.29, 1.82) is 0 Å². The Labute approximate surface area is 119 Å². The molecular weight excluding hydrogens is 272 g/mol. The number of nitrogens with zero attached hydrogens (tertiary/aromatic N) is 3. The number of phenolic OH excluding ortho intramolecular Hbond substituents is 1. The van der Waals surface area contributed by atoms with Gasteiger partial charge < -0.3 is 9.84 Å². The van der Waals surface area contributed by atoms with Crippen LogP contribution in [0.4, 0.5) is 0 Å². The molecule has 0 amide bonds. The minimum Gasteiger partial charge on any atom is -0.508 e. The minimum atomic E-state index is -0.410. The SMILES string of the molecule is O=c1[nH]nnn1-c1ccccc1COc1ccc(O)cc1. The monoisotopic (exact) mass is 284 g/mol. The number of tetrazole rings is 1. The van der Waals surface area contributed by atoms with E-state index in [1.165, 1.54) is 4.68 Å². The Morgan fingerprint density at radius 1 is 1.14 bits per heavy atom. The van der Waals surface area contributed by atoms with Crippen molar-refractivity contribution in [3.8, 4) is 17.2 Å². The molecule has 3 rings (SSSR count). The van der Waals surface area contributed by atoms with E-state index in [1.54, 1.807) is 36.4 Å². The molecule has 0 aliphatic heterocycles. The first-order chi connectivity index (χ1) is 10.2. The Morgan fingerprint density at radius 2 is 1.90 bits per heavy atom. The summed E-state index contributed by atoms with van der Waals surface area (Å²) in [4.78, 5) is 11.6. The first kappa shape index (κ1) is 12.9. The van der Waals surface area contributed by atoms with Crippen LogP contribution in [0.5, 0.6) is 11.5 Å². The molecule has 0 unspecified atom stereocenters. The van der Waals surface area contributed by atoms with E-state index < -0.39 is 5.69 Å². The molecule has 1 heterocycles. The molecule has 0 atom stereocenters. The summed E-state index contributed by atoms with van der Waals surface area (Å²) in [5, 5.41) is 18.7. The lowest BCUT2D eigenvalue weighted by Crippen LogP contribution is -2.18. The van der Waals surface area contributed by atoms with Crippen LogP contribution >= 0.6 is 0 Å². The van der Waals surface area contributed by atoms with Gasteiger partial charge in [-0.2, -0.15) is 4.68 Å². The van der Waals surface area contributed by atoms with Gasteiger partial charge in [0.05, 0.1) is 5.69 Å². The van der Waals surface area contributed by atoms with Crippen LogP contribution in [-0.2, 0) is 6.61 Å². The summed E-state index contributed by atoms with van der Waals surface area (Å²) >= 11 is 0.